The number of amides is 1. The summed E-state index contributed by atoms with van der Waals surface area (Å²) in [5.74, 6) is 1.62. The molecule has 0 spiro atoms. The van der Waals surface area contributed by atoms with Crippen molar-refractivity contribution in [3.05, 3.63) is 54.1 Å². The van der Waals surface area contributed by atoms with Gasteiger partial charge in [0.2, 0.25) is 5.91 Å². The molecule has 0 unspecified atom stereocenters. The number of rotatable bonds is 9. The number of carbonyl (C=O) groups excluding carboxylic acids is 1. The van der Waals surface area contributed by atoms with Crippen LogP contribution in [0.15, 0.2) is 48.5 Å². The van der Waals surface area contributed by atoms with Gasteiger partial charge >= 0.3 is 0 Å². The van der Waals surface area contributed by atoms with Crippen molar-refractivity contribution in [3.8, 4) is 17.2 Å². The molecule has 2 aromatic rings. The molecule has 0 aliphatic carbocycles. The second-order valence-corrected chi connectivity index (χ2v) is 5.71. The van der Waals surface area contributed by atoms with Crippen LogP contribution in [0.2, 0.25) is 0 Å². The van der Waals surface area contributed by atoms with Crippen LogP contribution in [0.5, 0.6) is 17.2 Å². The zero-order valence-corrected chi connectivity index (χ0v) is 14.6. The SMILES string of the molecule is COc1cccc(CNC(=O)CN(C)CCOc2ccc(O)cc2)c1. The molecule has 0 aromatic heterocycles. The van der Waals surface area contributed by atoms with Crippen molar-refractivity contribution in [1.82, 2.24) is 10.2 Å². The summed E-state index contributed by atoms with van der Waals surface area (Å²) in [6, 6.07) is 14.2. The first-order chi connectivity index (χ1) is 12.1. The van der Waals surface area contributed by atoms with Crippen LogP contribution in [0.4, 0.5) is 0 Å². The summed E-state index contributed by atoms with van der Waals surface area (Å²) in [4.78, 5) is 13.9. The molecule has 0 fully saturated rings. The minimum atomic E-state index is -0.0463. The molecule has 0 bridgehead atoms. The Hall–Kier alpha value is -2.73. The predicted octanol–water partition coefficient (Wildman–Crippen LogP) is 2.03. The topological polar surface area (TPSA) is 71.0 Å². The number of ether oxygens (including phenoxy) is 2. The smallest absolute Gasteiger partial charge is 0.234 e. The first-order valence-electron chi connectivity index (χ1n) is 8.07. The first kappa shape index (κ1) is 18.6. The molecular weight excluding hydrogens is 320 g/mol. The molecule has 2 N–H and O–H groups in total. The fourth-order valence-corrected chi connectivity index (χ4v) is 2.22. The lowest BCUT2D eigenvalue weighted by Crippen LogP contribution is -2.36. The summed E-state index contributed by atoms with van der Waals surface area (Å²) in [7, 11) is 3.48. The Bertz CT molecular complexity index is 673. The molecule has 6 heteroatoms. The van der Waals surface area contributed by atoms with Gasteiger partial charge in [-0.2, -0.15) is 0 Å². The van der Waals surface area contributed by atoms with Gasteiger partial charge in [-0.25, -0.2) is 0 Å². The summed E-state index contributed by atoms with van der Waals surface area (Å²) < 4.78 is 10.7. The minimum absolute atomic E-state index is 0.0463. The fraction of sp³-hybridized carbons (Fsp3) is 0.316. The Kier molecular flexibility index (Phi) is 7.10. The van der Waals surface area contributed by atoms with Crippen molar-refractivity contribution < 1.29 is 19.4 Å². The van der Waals surface area contributed by atoms with E-state index in [1.54, 1.807) is 31.4 Å². The van der Waals surface area contributed by atoms with Gasteiger partial charge in [0.05, 0.1) is 13.7 Å². The van der Waals surface area contributed by atoms with E-state index >= 15 is 0 Å². The summed E-state index contributed by atoms with van der Waals surface area (Å²) in [6.07, 6.45) is 0. The van der Waals surface area contributed by atoms with Gasteiger partial charge in [0.25, 0.3) is 0 Å². The summed E-state index contributed by atoms with van der Waals surface area (Å²) in [6.45, 7) is 1.84. The van der Waals surface area contributed by atoms with E-state index in [4.69, 9.17) is 9.47 Å². The van der Waals surface area contributed by atoms with E-state index < -0.39 is 0 Å². The third-order valence-electron chi connectivity index (χ3n) is 3.62. The molecule has 2 rings (SSSR count). The van der Waals surface area contributed by atoms with Crippen LogP contribution in [0.3, 0.4) is 0 Å². The molecule has 0 aliphatic rings. The predicted molar refractivity (Wildman–Crippen MR) is 95.9 cm³/mol. The van der Waals surface area contributed by atoms with Crippen LogP contribution in [0.1, 0.15) is 5.56 Å². The van der Waals surface area contributed by atoms with Crippen LogP contribution in [-0.4, -0.2) is 49.8 Å². The number of nitrogens with zero attached hydrogens (tertiary/aromatic N) is 1. The summed E-state index contributed by atoms with van der Waals surface area (Å²) in [5.41, 5.74) is 0.992. The molecule has 0 radical (unpaired) electrons. The molecule has 0 heterocycles. The molecule has 134 valence electrons. The molecular formula is C19H24N2O4. The number of hydrogen-bond acceptors (Lipinski definition) is 5. The van der Waals surface area contributed by atoms with E-state index in [1.165, 1.54) is 0 Å². The van der Waals surface area contributed by atoms with E-state index in [1.807, 2.05) is 36.2 Å². The van der Waals surface area contributed by atoms with Crippen LogP contribution >= 0.6 is 0 Å². The second-order valence-electron chi connectivity index (χ2n) is 5.71. The molecule has 0 atom stereocenters. The van der Waals surface area contributed by atoms with Crippen LogP contribution < -0.4 is 14.8 Å². The van der Waals surface area contributed by atoms with Crippen molar-refractivity contribution >= 4 is 5.91 Å². The summed E-state index contributed by atoms with van der Waals surface area (Å²) in [5, 5.41) is 12.1. The molecule has 0 saturated carbocycles. The maximum atomic E-state index is 12.0. The number of likely N-dealkylation sites (N-methyl/N-ethyl adjacent to an activating group) is 1. The van der Waals surface area contributed by atoms with Gasteiger partial charge in [0, 0.05) is 13.1 Å². The molecule has 0 aliphatic heterocycles. The number of phenolic OH excluding ortho intramolecular Hbond substituents is 1. The average molecular weight is 344 g/mol. The third-order valence-corrected chi connectivity index (χ3v) is 3.62. The zero-order valence-electron chi connectivity index (χ0n) is 14.6. The molecule has 6 nitrogen and oxygen atoms in total. The van der Waals surface area contributed by atoms with Gasteiger partial charge in [0.15, 0.2) is 0 Å². The Morgan fingerprint density at radius 2 is 1.92 bits per heavy atom. The largest absolute Gasteiger partial charge is 0.508 e. The molecule has 1 amide bonds. The Morgan fingerprint density at radius 1 is 1.16 bits per heavy atom. The van der Waals surface area contributed by atoms with Gasteiger partial charge in [-0.15, -0.1) is 0 Å². The second kappa shape index (κ2) is 9.54. The quantitative estimate of drug-likeness (QED) is 0.728. The van der Waals surface area contributed by atoms with Gasteiger partial charge in [-0.3, -0.25) is 9.69 Å². The van der Waals surface area contributed by atoms with Crippen LogP contribution in [-0.2, 0) is 11.3 Å². The highest BCUT2D eigenvalue weighted by Gasteiger charge is 2.07. The molecule has 0 saturated heterocycles. The number of nitrogens with one attached hydrogen (secondary N) is 1. The van der Waals surface area contributed by atoms with E-state index in [-0.39, 0.29) is 11.7 Å². The number of hydrogen-bond donors (Lipinski definition) is 2. The molecule has 2 aromatic carbocycles. The van der Waals surface area contributed by atoms with E-state index in [0.717, 1.165) is 11.3 Å². The number of carbonyl (C=O) groups is 1. The highest BCUT2D eigenvalue weighted by molar-refractivity contribution is 5.77. The van der Waals surface area contributed by atoms with E-state index in [0.29, 0.717) is 32.0 Å². The fourth-order valence-electron chi connectivity index (χ4n) is 2.22. The van der Waals surface area contributed by atoms with Gasteiger partial charge < -0.3 is 19.9 Å². The Labute approximate surface area is 148 Å². The van der Waals surface area contributed by atoms with Crippen molar-refractivity contribution in [2.75, 3.05) is 33.9 Å². The standard InChI is InChI=1S/C19H24N2O4/c1-21(10-11-25-17-8-6-16(22)7-9-17)14-19(23)20-13-15-4-3-5-18(12-15)24-2/h3-9,12,22H,10-11,13-14H2,1-2H3,(H,20,23). The maximum absolute atomic E-state index is 12.0. The maximum Gasteiger partial charge on any atom is 0.234 e. The highest BCUT2D eigenvalue weighted by atomic mass is 16.5. The number of phenols is 1. The van der Waals surface area contributed by atoms with Crippen LogP contribution in [0, 0.1) is 0 Å². The molecule has 25 heavy (non-hydrogen) atoms. The normalized spacial score (nSPS) is 10.5. The summed E-state index contributed by atoms with van der Waals surface area (Å²) >= 11 is 0. The average Bonchev–Trinajstić information content (AvgIpc) is 2.62. The number of benzene rings is 2. The zero-order chi connectivity index (χ0) is 18.1. The van der Waals surface area contributed by atoms with Gasteiger partial charge in [0.1, 0.15) is 23.9 Å². The monoisotopic (exact) mass is 344 g/mol. The third kappa shape index (κ3) is 6.73. The van der Waals surface area contributed by atoms with E-state index in [2.05, 4.69) is 5.32 Å². The van der Waals surface area contributed by atoms with Crippen molar-refractivity contribution in [3.63, 3.8) is 0 Å². The Morgan fingerprint density at radius 3 is 2.64 bits per heavy atom. The van der Waals surface area contributed by atoms with Crippen molar-refractivity contribution in [2.45, 2.75) is 6.54 Å². The van der Waals surface area contributed by atoms with Crippen LogP contribution in [0.25, 0.3) is 0 Å². The minimum Gasteiger partial charge on any atom is -0.508 e. The van der Waals surface area contributed by atoms with Crippen molar-refractivity contribution in [1.29, 1.82) is 0 Å². The highest BCUT2D eigenvalue weighted by Crippen LogP contribution is 2.15. The van der Waals surface area contributed by atoms with Gasteiger partial charge in [-0.05, 0) is 49.0 Å². The van der Waals surface area contributed by atoms with Crippen molar-refractivity contribution in [2.24, 2.45) is 0 Å². The Balaban J connectivity index is 1.66. The number of aromatic hydroxyl groups is 1. The lowest BCUT2D eigenvalue weighted by molar-refractivity contribution is -0.122. The lowest BCUT2D eigenvalue weighted by Gasteiger charge is -2.16. The van der Waals surface area contributed by atoms with E-state index in [9.17, 15) is 9.90 Å². The lowest BCUT2D eigenvalue weighted by atomic mass is 10.2. The van der Waals surface area contributed by atoms with Gasteiger partial charge in [-0.1, -0.05) is 12.1 Å². The first-order valence-corrected chi connectivity index (χ1v) is 8.07. The number of methoxy groups -OCH3 is 1.